The fourth-order valence-corrected chi connectivity index (χ4v) is 3.37. The molecule has 0 fully saturated rings. The monoisotopic (exact) mass is 316 g/mol. The van der Waals surface area contributed by atoms with Crippen molar-refractivity contribution in [2.75, 3.05) is 5.75 Å². The number of hydrogen-bond acceptors (Lipinski definition) is 5. The number of hydrogen-bond donors (Lipinski definition) is 0. The van der Waals surface area contributed by atoms with Crippen molar-refractivity contribution >= 4 is 22.8 Å². The quantitative estimate of drug-likeness (QED) is 0.495. The predicted molar refractivity (Wildman–Crippen MR) is 87.9 cm³/mol. The first kappa shape index (κ1) is 15.0. The Morgan fingerprint density at radius 2 is 2.05 bits per heavy atom. The first-order valence-electron chi connectivity index (χ1n) is 7.59. The van der Waals surface area contributed by atoms with Crippen molar-refractivity contribution in [3.8, 4) is 0 Å². The largest absolute Gasteiger partial charge is 0.328 e. The minimum absolute atomic E-state index is 0.877. The normalized spacial score (nSPS) is 11.4. The first-order valence-corrected chi connectivity index (χ1v) is 8.57. The smallest absolute Gasteiger partial charge is 0.209 e. The zero-order valence-corrected chi connectivity index (χ0v) is 13.8. The van der Waals surface area contributed by atoms with Crippen LogP contribution in [-0.2, 0) is 20.0 Å². The number of para-hydroxylation sites is 2. The molecule has 0 unspecified atom stereocenters. The Hall–Kier alpha value is -1.89. The maximum absolute atomic E-state index is 4.71. The molecule has 0 amide bonds. The summed E-state index contributed by atoms with van der Waals surface area (Å²) in [5.74, 6) is 2.20. The van der Waals surface area contributed by atoms with E-state index in [2.05, 4.69) is 45.2 Å². The lowest BCUT2D eigenvalue weighted by Crippen LogP contribution is -2.03. The van der Waals surface area contributed by atoms with E-state index in [1.165, 1.54) is 11.3 Å². The molecule has 0 atom stereocenters. The number of unbranched alkanes of at least 4 members (excludes halogenated alkanes) is 1. The summed E-state index contributed by atoms with van der Waals surface area (Å²) in [4.78, 5) is 4.71. The van der Waals surface area contributed by atoms with Crippen LogP contribution in [-0.4, -0.2) is 35.5 Å². The van der Waals surface area contributed by atoms with Crippen LogP contribution >= 0.6 is 11.8 Å². The van der Waals surface area contributed by atoms with E-state index in [0.717, 1.165) is 42.2 Å². The third kappa shape index (κ3) is 3.14. The molecule has 7 heteroatoms. The number of thioether (sulfide) groups is 1. The zero-order valence-electron chi connectivity index (χ0n) is 12.9. The molecule has 2 aromatic heterocycles. The Bertz CT molecular complexity index is 747. The predicted octanol–water partition coefficient (Wildman–Crippen LogP) is 2.69. The van der Waals surface area contributed by atoms with Gasteiger partial charge in [0.15, 0.2) is 0 Å². The van der Waals surface area contributed by atoms with Crippen molar-refractivity contribution in [1.82, 2.24) is 29.8 Å². The number of rotatable bonds is 7. The van der Waals surface area contributed by atoms with Crippen LogP contribution in [0.1, 0.15) is 25.6 Å². The van der Waals surface area contributed by atoms with Crippen LogP contribution in [0.5, 0.6) is 0 Å². The van der Waals surface area contributed by atoms with Gasteiger partial charge in [0.05, 0.1) is 11.0 Å². The summed E-state index contributed by atoms with van der Waals surface area (Å²) in [6.07, 6.45) is 3.23. The highest BCUT2D eigenvalue weighted by Gasteiger charge is 2.08. The van der Waals surface area contributed by atoms with Gasteiger partial charge in [0, 0.05) is 25.8 Å². The van der Waals surface area contributed by atoms with Crippen molar-refractivity contribution in [3.63, 3.8) is 0 Å². The SMILES string of the molecule is CCc1nc2ccccc2n1CCCCSc1nnnn1C. The highest BCUT2D eigenvalue weighted by atomic mass is 32.2. The van der Waals surface area contributed by atoms with Crippen LogP contribution in [0.25, 0.3) is 11.0 Å². The lowest BCUT2D eigenvalue weighted by Gasteiger charge is -2.07. The molecule has 0 N–H and O–H groups in total. The van der Waals surface area contributed by atoms with Gasteiger partial charge < -0.3 is 4.57 Å². The fraction of sp³-hybridized carbons (Fsp3) is 0.467. The molecule has 0 radical (unpaired) electrons. The van der Waals surface area contributed by atoms with Crippen molar-refractivity contribution in [2.24, 2.45) is 7.05 Å². The molecule has 2 heterocycles. The van der Waals surface area contributed by atoms with Crippen LogP contribution < -0.4 is 0 Å². The maximum Gasteiger partial charge on any atom is 0.209 e. The van der Waals surface area contributed by atoms with E-state index in [0.29, 0.717) is 0 Å². The van der Waals surface area contributed by atoms with Crippen molar-refractivity contribution < 1.29 is 0 Å². The average Bonchev–Trinajstić information content (AvgIpc) is 3.11. The van der Waals surface area contributed by atoms with Crippen molar-refractivity contribution in [2.45, 2.75) is 37.9 Å². The van der Waals surface area contributed by atoms with E-state index in [1.807, 2.05) is 13.1 Å². The third-order valence-corrected chi connectivity index (χ3v) is 4.74. The van der Waals surface area contributed by atoms with Gasteiger partial charge in [-0.05, 0) is 35.4 Å². The van der Waals surface area contributed by atoms with Crippen LogP contribution in [0.4, 0.5) is 0 Å². The molecule has 1 aromatic carbocycles. The standard InChI is InChI=1S/C15H20N6S/c1-3-14-16-12-8-4-5-9-13(12)21(14)10-6-7-11-22-15-17-18-19-20(15)2/h4-5,8-9H,3,6-7,10-11H2,1-2H3. The maximum atomic E-state index is 4.71. The van der Waals surface area contributed by atoms with Gasteiger partial charge in [-0.3, -0.25) is 0 Å². The summed E-state index contributed by atoms with van der Waals surface area (Å²) in [5.41, 5.74) is 2.34. The molecule has 0 saturated carbocycles. The molecule has 0 aliphatic carbocycles. The van der Waals surface area contributed by atoms with E-state index in [1.54, 1.807) is 16.4 Å². The van der Waals surface area contributed by atoms with E-state index < -0.39 is 0 Å². The van der Waals surface area contributed by atoms with Gasteiger partial charge in [-0.15, -0.1) is 5.10 Å². The number of aryl methyl sites for hydroxylation is 3. The number of tetrazole rings is 1. The second-order valence-corrected chi connectivity index (χ2v) is 6.22. The molecule has 3 rings (SSSR count). The molecule has 0 saturated heterocycles. The topological polar surface area (TPSA) is 61.4 Å². The van der Waals surface area contributed by atoms with Crippen LogP contribution in [0.2, 0.25) is 0 Å². The Labute approximate surface area is 133 Å². The second-order valence-electron chi connectivity index (χ2n) is 5.16. The molecule has 6 nitrogen and oxygen atoms in total. The summed E-state index contributed by atoms with van der Waals surface area (Å²) in [5, 5.41) is 12.3. The summed E-state index contributed by atoms with van der Waals surface area (Å²) >= 11 is 1.71. The minimum atomic E-state index is 0.877. The van der Waals surface area contributed by atoms with Gasteiger partial charge in [0.2, 0.25) is 5.16 Å². The Morgan fingerprint density at radius 3 is 2.82 bits per heavy atom. The number of aromatic nitrogens is 6. The van der Waals surface area contributed by atoms with Gasteiger partial charge in [-0.2, -0.15) is 0 Å². The summed E-state index contributed by atoms with van der Waals surface area (Å²) < 4.78 is 4.06. The molecule has 0 spiro atoms. The summed E-state index contributed by atoms with van der Waals surface area (Å²) in [7, 11) is 1.87. The van der Waals surface area contributed by atoms with E-state index >= 15 is 0 Å². The summed E-state index contributed by atoms with van der Waals surface area (Å²) in [6.45, 7) is 3.18. The lowest BCUT2D eigenvalue weighted by molar-refractivity contribution is 0.621. The van der Waals surface area contributed by atoms with Crippen molar-refractivity contribution in [1.29, 1.82) is 0 Å². The highest BCUT2D eigenvalue weighted by molar-refractivity contribution is 7.99. The Morgan fingerprint density at radius 1 is 1.18 bits per heavy atom. The van der Waals surface area contributed by atoms with Gasteiger partial charge in [-0.1, -0.05) is 30.8 Å². The lowest BCUT2D eigenvalue weighted by atomic mass is 10.3. The van der Waals surface area contributed by atoms with E-state index in [9.17, 15) is 0 Å². The van der Waals surface area contributed by atoms with E-state index in [-0.39, 0.29) is 0 Å². The zero-order chi connectivity index (χ0) is 15.4. The third-order valence-electron chi connectivity index (χ3n) is 3.64. The van der Waals surface area contributed by atoms with Crippen LogP contribution in [0.15, 0.2) is 29.4 Å². The summed E-state index contributed by atoms with van der Waals surface area (Å²) in [6, 6.07) is 8.37. The first-order chi connectivity index (χ1) is 10.8. The Kier molecular flexibility index (Phi) is 4.72. The number of fused-ring (bicyclic) bond motifs is 1. The van der Waals surface area contributed by atoms with Gasteiger partial charge in [0.1, 0.15) is 5.82 Å². The molecule has 116 valence electrons. The van der Waals surface area contributed by atoms with Gasteiger partial charge in [-0.25, -0.2) is 9.67 Å². The van der Waals surface area contributed by atoms with Crippen LogP contribution in [0.3, 0.4) is 0 Å². The molecule has 0 aliphatic heterocycles. The van der Waals surface area contributed by atoms with Crippen molar-refractivity contribution in [3.05, 3.63) is 30.1 Å². The molecular weight excluding hydrogens is 296 g/mol. The average molecular weight is 316 g/mol. The number of nitrogens with zero attached hydrogens (tertiary/aromatic N) is 6. The molecule has 3 aromatic rings. The van der Waals surface area contributed by atoms with Gasteiger partial charge in [0.25, 0.3) is 0 Å². The van der Waals surface area contributed by atoms with Gasteiger partial charge >= 0.3 is 0 Å². The Balaban J connectivity index is 1.56. The number of benzene rings is 1. The number of imidazole rings is 1. The molecular formula is C15H20N6S. The molecule has 0 bridgehead atoms. The fourth-order valence-electron chi connectivity index (χ4n) is 2.52. The van der Waals surface area contributed by atoms with E-state index in [4.69, 9.17) is 4.98 Å². The van der Waals surface area contributed by atoms with Crippen LogP contribution in [0, 0.1) is 0 Å². The molecule has 22 heavy (non-hydrogen) atoms. The highest BCUT2D eigenvalue weighted by Crippen LogP contribution is 2.19. The minimum Gasteiger partial charge on any atom is -0.328 e. The second kappa shape index (κ2) is 6.91. The molecule has 0 aliphatic rings.